The van der Waals surface area contributed by atoms with Gasteiger partial charge in [0.2, 0.25) is 0 Å². The number of hydrogen-bond donors (Lipinski definition) is 2. The third-order valence-corrected chi connectivity index (χ3v) is 6.84. The van der Waals surface area contributed by atoms with Gasteiger partial charge in [-0.2, -0.15) is 0 Å². The molecule has 36 heavy (non-hydrogen) atoms. The first kappa shape index (κ1) is 28.2. The second-order valence-corrected chi connectivity index (χ2v) is 9.52. The molecular formula is C20H21Cl2FN3O9P. The Kier molecular flexibility index (Phi) is 8.88. The minimum Gasteiger partial charge on any atom is -0.583 e. The highest BCUT2D eigenvalue weighted by molar-refractivity contribution is 7.33. The van der Waals surface area contributed by atoms with Gasteiger partial charge in [-0.3, -0.25) is 14.3 Å². The molecule has 2 aromatic rings. The molecule has 3 rings (SSSR count). The van der Waals surface area contributed by atoms with Crippen LogP contribution in [0.1, 0.15) is 20.1 Å². The van der Waals surface area contributed by atoms with E-state index < -0.39 is 61.8 Å². The van der Waals surface area contributed by atoms with E-state index in [-0.39, 0.29) is 15.8 Å². The van der Waals surface area contributed by atoms with E-state index in [1.807, 2.05) is 4.98 Å². The molecule has 0 amide bonds. The van der Waals surface area contributed by atoms with Crippen LogP contribution in [0.5, 0.6) is 5.75 Å². The van der Waals surface area contributed by atoms with Crippen molar-refractivity contribution in [2.45, 2.75) is 50.3 Å². The molecular weight excluding hydrogens is 547 g/mol. The predicted octanol–water partition coefficient (Wildman–Crippen LogP) is 1.67. The van der Waals surface area contributed by atoms with E-state index in [1.54, 1.807) is 0 Å². The van der Waals surface area contributed by atoms with Crippen LogP contribution in [0.4, 0.5) is 4.39 Å². The molecule has 0 radical (unpaired) electrons. The fourth-order valence-corrected chi connectivity index (χ4v) is 4.35. The van der Waals surface area contributed by atoms with Crippen molar-refractivity contribution in [2.24, 2.45) is 4.74 Å². The number of benzene rings is 1. The standard InChI is InChI=1S/C20H21Cl2FN3O9P/c1-9(16(29)32-3)25-36(31)35-17(33-10-4-5-11(21)12(22)8-10)14-15(28)20(2,23)18(34-14)26-7-6-13(27)24-19(26)30/h4-9,14-15,17-18,28H,1-3H3,(H,24,27,30)/t9?,14-,15-,17?,18-,20-/m1/s1. The Labute approximate surface area is 214 Å². The first-order valence-electron chi connectivity index (χ1n) is 10.2. The zero-order chi connectivity index (χ0) is 26.8. The molecule has 0 saturated carbocycles. The lowest BCUT2D eigenvalue weighted by Gasteiger charge is -2.25. The van der Waals surface area contributed by atoms with Gasteiger partial charge in [0.05, 0.1) is 17.2 Å². The highest BCUT2D eigenvalue weighted by Crippen LogP contribution is 2.43. The van der Waals surface area contributed by atoms with Crippen molar-refractivity contribution in [3.63, 3.8) is 0 Å². The largest absolute Gasteiger partial charge is 0.583 e. The number of nitrogens with zero attached hydrogens (tertiary/aromatic N) is 2. The van der Waals surface area contributed by atoms with Crippen molar-refractivity contribution in [2.75, 3.05) is 7.11 Å². The molecule has 196 valence electrons. The van der Waals surface area contributed by atoms with Crippen LogP contribution in [-0.4, -0.2) is 57.9 Å². The Balaban J connectivity index is 1.98. The number of carbonyl (C=O) groups is 1. The summed E-state index contributed by atoms with van der Waals surface area (Å²) in [6, 6.07) is 3.81. The van der Waals surface area contributed by atoms with Crippen molar-refractivity contribution >= 4 is 37.3 Å². The average Bonchev–Trinajstić information content (AvgIpc) is 3.04. The van der Waals surface area contributed by atoms with Gasteiger partial charge in [0, 0.05) is 18.3 Å². The van der Waals surface area contributed by atoms with E-state index in [9.17, 15) is 24.4 Å². The number of aromatic nitrogens is 2. The maximum Gasteiger partial charge on any atom is 0.346 e. The molecule has 0 aliphatic carbocycles. The Morgan fingerprint density at radius 3 is 2.67 bits per heavy atom. The van der Waals surface area contributed by atoms with E-state index >= 15 is 4.39 Å². The lowest BCUT2D eigenvalue weighted by Crippen LogP contribution is -2.46. The maximum absolute atomic E-state index is 15.7. The number of methoxy groups -OCH3 is 1. The van der Waals surface area contributed by atoms with E-state index in [4.69, 9.17) is 37.2 Å². The fourth-order valence-electron chi connectivity index (χ4n) is 3.29. The van der Waals surface area contributed by atoms with Gasteiger partial charge in [0.1, 0.15) is 11.9 Å². The molecule has 2 N–H and O–H groups in total. The van der Waals surface area contributed by atoms with Crippen LogP contribution in [-0.2, 0) is 18.8 Å². The van der Waals surface area contributed by atoms with Crippen LogP contribution < -0.4 is 20.9 Å². The highest BCUT2D eigenvalue weighted by atomic mass is 35.5. The number of ether oxygens (including phenoxy) is 3. The van der Waals surface area contributed by atoms with Gasteiger partial charge in [-0.15, -0.1) is 4.52 Å². The minimum absolute atomic E-state index is 0.0137. The van der Waals surface area contributed by atoms with Gasteiger partial charge in [-0.25, -0.2) is 14.0 Å². The summed E-state index contributed by atoms with van der Waals surface area (Å²) in [6.45, 7) is 2.26. The summed E-state index contributed by atoms with van der Waals surface area (Å²) in [4.78, 5) is 49.8. The number of esters is 1. The first-order valence-corrected chi connectivity index (χ1v) is 12.1. The number of rotatable bonds is 8. The van der Waals surface area contributed by atoms with Crippen molar-refractivity contribution in [1.82, 2.24) is 9.55 Å². The molecule has 2 heterocycles. The smallest absolute Gasteiger partial charge is 0.346 e. The van der Waals surface area contributed by atoms with Crippen LogP contribution in [0.3, 0.4) is 0 Å². The normalized spacial score (nSPS) is 25.9. The Morgan fingerprint density at radius 2 is 2.06 bits per heavy atom. The molecule has 16 heteroatoms. The molecule has 1 fully saturated rings. The SMILES string of the molecule is COC(=O)C(C)/N=[P+](\[O-])OC(Oc1ccc(Cl)c(Cl)c1)[C@@H]1O[C@@H](n2ccc(=O)[nH]c2=O)[C@](C)(F)[C@@H]1O. The van der Waals surface area contributed by atoms with Crippen molar-refractivity contribution in [3.05, 3.63) is 61.3 Å². The number of hydrogen-bond acceptors (Lipinski definition) is 10. The topological polar surface area (TPSA) is 164 Å². The monoisotopic (exact) mass is 567 g/mol. The van der Waals surface area contributed by atoms with Crippen LogP contribution in [0.15, 0.2) is 44.8 Å². The molecule has 1 aromatic heterocycles. The molecule has 1 aliphatic rings. The molecule has 1 saturated heterocycles. The summed E-state index contributed by atoms with van der Waals surface area (Å²) >= 11 is 11.9. The van der Waals surface area contributed by atoms with Crippen molar-refractivity contribution in [3.8, 4) is 5.75 Å². The van der Waals surface area contributed by atoms with Crippen molar-refractivity contribution in [1.29, 1.82) is 0 Å². The van der Waals surface area contributed by atoms with Gasteiger partial charge in [-0.1, -0.05) is 27.9 Å². The molecule has 0 spiro atoms. The minimum atomic E-state index is -2.99. The fraction of sp³-hybridized carbons (Fsp3) is 0.450. The Hall–Kier alpha value is -2.38. The van der Waals surface area contributed by atoms with Gasteiger partial charge in [0.25, 0.3) is 11.8 Å². The van der Waals surface area contributed by atoms with E-state index in [2.05, 4.69) is 9.48 Å². The summed E-state index contributed by atoms with van der Waals surface area (Å²) in [5, 5.41) is 11.0. The molecule has 3 unspecified atom stereocenters. The van der Waals surface area contributed by atoms with E-state index in [0.29, 0.717) is 0 Å². The van der Waals surface area contributed by atoms with Gasteiger partial charge < -0.3 is 24.2 Å². The Morgan fingerprint density at radius 1 is 1.36 bits per heavy atom. The van der Waals surface area contributed by atoms with E-state index in [1.165, 1.54) is 25.1 Å². The number of H-pyrrole nitrogens is 1. The maximum atomic E-state index is 15.7. The molecule has 1 aliphatic heterocycles. The lowest BCUT2D eigenvalue weighted by molar-refractivity contribution is -0.206. The van der Waals surface area contributed by atoms with Crippen LogP contribution in [0, 0.1) is 0 Å². The predicted molar refractivity (Wildman–Crippen MR) is 124 cm³/mol. The van der Waals surface area contributed by atoms with Crippen LogP contribution in [0.2, 0.25) is 10.0 Å². The number of carbonyl (C=O) groups excluding carboxylic acids is 1. The van der Waals surface area contributed by atoms with Gasteiger partial charge >= 0.3 is 19.8 Å². The zero-order valence-corrected chi connectivity index (χ0v) is 21.4. The Bertz CT molecular complexity index is 1270. The number of aromatic amines is 1. The average molecular weight is 568 g/mol. The number of aliphatic hydroxyl groups is 1. The highest BCUT2D eigenvalue weighted by Gasteiger charge is 2.59. The number of aliphatic hydroxyl groups excluding tert-OH is 1. The summed E-state index contributed by atoms with van der Waals surface area (Å²) in [7, 11) is -1.88. The second-order valence-electron chi connectivity index (χ2n) is 7.79. The third-order valence-electron chi connectivity index (χ3n) is 5.18. The number of alkyl halides is 1. The quantitative estimate of drug-likeness (QED) is 0.274. The zero-order valence-electron chi connectivity index (χ0n) is 19.0. The van der Waals surface area contributed by atoms with Crippen molar-refractivity contribution < 1.29 is 37.9 Å². The summed E-state index contributed by atoms with van der Waals surface area (Å²) in [5.74, 6) is -0.783. The molecule has 12 nitrogen and oxygen atoms in total. The summed E-state index contributed by atoms with van der Waals surface area (Å²) in [5.41, 5.74) is -4.34. The van der Waals surface area contributed by atoms with Crippen LogP contribution >= 0.6 is 31.4 Å². The number of nitrogens with one attached hydrogen (secondary N) is 1. The molecule has 0 bridgehead atoms. The molecule has 1 aromatic carbocycles. The number of halogens is 3. The van der Waals surface area contributed by atoms with Gasteiger partial charge in [0.15, 0.2) is 24.0 Å². The summed E-state index contributed by atoms with van der Waals surface area (Å²) in [6.07, 6.45) is -6.21. The van der Waals surface area contributed by atoms with E-state index in [0.717, 1.165) is 30.9 Å². The summed E-state index contributed by atoms with van der Waals surface area (Å²) < 4.78 is 41.1. The lowest BCUT2D eigenvalue weighted by atomic mass is 9.98. The first-order chi connectivity index (χ1) is 16.8. The van der Waals surface area contributed by atoms with Crippen LogP contribution in [0.25, 0.3) is 0 Å². The second kappa shape index (κ2) is 11.3. The molecule has 7 atom stereocenters. The van der Waals surface area contributed by atoms with Gasteiger partial charge in [-0.05, 0) is 26.0 Å². The third kappa shape index (κ3) is 6.12.